The molecule has 0 fully saturated rings. The summed E-state index contributed by atoms with van der Waals surface area (Å²) in [6, 6.07) is 13.4. The number of carbonyl (C=O) groups excluding carboxylic acids is 1. The quantitative estimate of drug-likeness (QED) is 0.705. The molecule has 0 unspecified atom stereocenters. The first-order valence-corrected chi connectivity index (χ1v) is 10.4. The summed E-state index contributed by atoms with van der Waals surface area (Å²) < 4.78 is 36.2. The number of nitrogens with one attached hydrogen (secondary N) is 1. The lowest BCUT2D eigenvalue weighted by molar-refractivity contribution is -0.118. The zero-order chi connectivity index (χ0) is 19.9. The first-order chi connectivity index (χ1) is 12.9. The zero-order valence-corrected chi connectivity index (χ0v) is 16.6. The molecule has 0 heterocycles. The molecule has 0 saturated carbocycles. The van der Waals surface area contributed by atoms with Crippen molar-refractivity contribution in [2.75, 3.05) is 19.0 Å². The van der Waals surface area contributed by atoms with E-state index in [1.165, 1.54) is 19.2 Å². The molecule has 27 heavy (non-hydrogen) atoms. The molecule has 146 valence electrons. The second-order valence-corrected chi connectivity index (χ2v) is 8.22. The Kier molecular flexibility index (Phi) is 7.24. The maximum absolute atomic E-state index is 12.8. The molecule has 2 aromatic rings. The number of sulfone groups is 1. The Morgan fingerprint density at radius 2 is 1.74 bits per heavy atom. The van der Waals surface area contributed by atoms with Crippen molar-refractivity contribution in [1.82, 2.24) is 0 Å². The summed E-state index contributed by atoms with van der Waals surface area (Å²) in [7, 11) is -2.02. The predicted molar refractivity (Wildman–Crippen MR) is 105 cm³/mol. The van der Waals surface area contributed by atoms with E-state index in [9.17, 15) is 13.2 Å². The monoisotopic (exact) mass is 391 g/mol. The van der Waals surface area contributed by atoms with Crippen LogP contribution in [0.4, 0.5) is 5.69 Å². The fraction of sp³-hybridized carbons (Fsp3) is 0.350. The SMILES string of the molecule is CCC(CC)S(=O)(=O)c1ccc(OC)c(NC(=O)COc2ccccc2)c1. The Hall–Kier alpha value is -2.54. The van der Waals surface area contributed by atoms with Gasteiger partial charge >= 0.3 is 0 Å². The number of para-hydroxylation sites is 1. The highest BCUT2D eigenvalue weighted by atomic mass is 32.2. The van der Waals surface area contributed by atoms with Crippen molar-refractivity contribution in [3.05, 3.63) is 48.5 Å². The number of rotatable bonds is 9. The summed E-state index contributed by atoms with van der Waals surface area (Å²) in [4.78, 5) is 12.4. The fourth-order valence-electron chi connectivity index (χ4n) is 2.73. The van der Waals surface area contributed by atoms with Crippen molar-refractivity contribution >= 4 is 21.4 Å². The largest absolute Gasteiger partial charge is 0.495 e. The molecule has 0 radical (unpaired) electrons. The summed E-state index contributed by atoms with van der Waals surface area (Å²) >= 11 is 0. The lowest BCUT2D eigenvalue weighted by Gasteiger charge is -2.16. The van der Waals surface area contributed by atoms with Gasteiger partial charge in [-0.15, -0.1) is 0 Å². The van der Waals surface area contributed by atoms with Gasteiger partial charge in [0.25, 0.3) is 5.91 Å². The summed E-state index contributed by atoms with van der Waals surface area (Å²) in [5.74, 6) is 0.547. The van der Waals surface area contributed by atoms with Gasteiger partial charge in [-0.25, -0.2) is 8.42 Å². The van der Waals surface area contributed by atoms with Crippen LogP contribution in [0.25, 0.3) is 0 Å². The van der Waals surface area contributed by atoms with Crippen LogP contribution < -0.4 is 14.8 Å². The lowest BCUT2D eigenvalue weighted by atomic mass is 10.3. The Labute approximate surface area is 160 Å². The third kappa shape index (κ3) is 5.23. The van der Waals surface area contributed by atoms with Gasteiger partial charge in [-0.1, -0.05) is 32.0 Å². The molecule has 1 N–H and O–H groups in total. The Morgan fingerprint density at radius 1 is 1.07 bits per heavy atom. The normalized spacial score (nSPS) is 11.3. The number of hydrogen-bond donors (Lipinski definition) is 1. The van der Waals surface area contributed by atoms with E-state index < -0.39 is 21.0 Å². The summed E-state index contributed by atoms with van der Waals surface area (Å²) in [6.45, 7) is 3.49. The van der Waals surface area contributed by atoms with Gasteiger partial charge in [-0.05, 0) is 43.2 Å². The average Bonchev–Trinajstić information content (AvgIpc) is 2.68. The van der Waals surface area contributed by atoms with E-state index in [4.69, 9.17) is 9.47 Å². The Morgan fingerprint density at radius 3 is 2.33 bits per heavy atom. The van der Waals surface area contributed by atoms with Crippen molar-refractivity contribution in [2.45, 2.75) is 36.8 Å². The minimum Gasteiger partial charge on any atom is -0.495 e. The Balaban J connectivity index is 2.18. The maximum Gasteiger partial charge on any atom is 0.262 e. The van der Waals surface area contributed by atoms with Crippen LogP contribution in [0.2, 0.25) is 0 Å². The molecule has 7 heteroatoms. The third-order valence-electron chi connectivity index (χ3n) is 4.24. The van der Waals surface area contributed by atoms with E-state index in [-0.39, 0.29) is 11.5 Å². The molecule has 0 aromatic heterocycles. The summed E-state index contributed by atoms with van der Waals surface area (Å²) in [5.41, 5.74) is 0.297. The van der Waals surface area contributed by atoms with Crippen molar-refractivity contribution < 1.29 is 22.7 Å². The van der Waals surface area contributed by atoms with E-state index in [1.807, 2.05) is 32.0 Å². The van der Waals surface area contributed by atoms with Gasteiger partial charge < -0.3 is 14.8 Å². The molecule has 0 spiro atoms. The van der Waals surface area contributed by atoms with Gasteiger partial charge in [0.05, 0.1) is 22.9 Å². The third-order valence-corrected chi connectivity index (χ3v) is 6.69. The summed E-state index contributed by atoms with van der Waals surface area (Å²) in [5, 5.41) is 2.20. The van der Waals surface area contributed by atoms with Crippen LogP contribution in [-0.4, -0.2) is 33.3 Å². The number of ether oxygens (including phenoxy) is 2. The molecule has 0 atom stereocenters. The molecule has 0 saturated heterocycles. The van der Waals surface area contributed by atoms with Crippen molar-refractivity contribution in [3.63, 3.8) is 0 Å². The molecule has 1 amide bonds. The van der Waals surface area contributed by atoms with E-state index in [1.54, 1.807) is 18.2 Å². The van der Waals surface area contributed by atoms with Crippen LogP contribution in [-0.2, 0) is 14.6 Å². The molecular formula is C20H25NO5S. The Bertz CT molecular complexity index is 861. The lowest BCUT2D eigenvalue weighted by Crippen LogP contribution is -2.22. The smallest absolute Gasteiger partial charge is 0.262 e. The number of amides is 1. The van der Waals surface area contributed by atoms with Crippen LogP contribution in [0.15, 0.2) is 53.4 Å². The maximum atomic E-state index is 12.8. The van der Waals surface area contributed by atoms with Gasteiger partial charge in [-0.2, -0.15) is 0 Å². The highest BCUT2D eigenvalue weighted by Gasteiger charge is 2.25. The molecule has 2 aromatic carbocycles. The molecule has 0 aliphatic heterocycles. The van der Waals surface area contributed by atoms with E-state index in [0.29, 0.717) is 30.0 Å². The number of methoxy groups -OCH3 is 1. The second-order valence-electron chi connectivity index (χ2n) is 6.00. The number of hydrogen-bond acceptors (Lipinski definition) is 5. The summed E-state index contributed by atoms with van der Waals surface area (Å²) in [6.07, 6.45) is 1.05. The number of carbonyl (C=O) groups is 1. The van der Waals surface area contributed by atoms with Gasteiger partial charge in [-0.3, -0.25) is 4.79 Å². The average molecular weight is 391 g/mol. The van der Waals surface area contributed by atoms with Gasteiger partial charge in [0.1, 0.15) is 11.5 Å². The van der Waals surface area contributed by atoms with Crippen molar-refractivity contribution in [2.24, 2.45) is 0 Å². The van der Waals surface area contributed by atoms with Crippen LogP contribution in [0.5, 0.6) is 11.5 Å². The molecular weight excluding hydrogens is 366 g/mol. The minimum atomic E-state index is -3.48. The van der Waals surface area contributed by atoms with Crippen LogP contribution >= 0.6 is 0 Å². The zero-order valence-electron chi connectivity index (χ0n) is 15.8. The molecule has 6 nitrogen and oxygen atoms in total. The standard InChI is InChI=1S/C20H25NO5S/c1-4-16(5-2)27(23,24)17-11-12-19(25-3)18(13-17)21-20(22)14-26-15-9-7-6-8-10-15/h6-13,16H,4-5,14H2,1-3H3,(H,21,22). The highest BCUT2D eigenvalue weighted by molar-refractivity contribution is 7.92. The van der Waals surface area contributed by atoms with Crippen LogP contribution in [0, 0.1) is 0 Å². The molecule has 0 bridgehead atoms. The van der Waals surface area contributed by atoms with Gasteiger partial charge in [0.2, 0.25) is 0 Å². The first-order valence-electron chi connectivity index (χ1n) is 8.82. The number of benzene rings is 2. The fourth-order valence-corrected chi connectivity index (χ4v) is 4.54. The molecule has 2 rings (SSSR count). The van der Waals surface area contributed by atoms with Crippen molar-refractivity contribution in [1.29, 1.82) is 0 Å². The van der Waals surface area contributed by atoms with E-state index in [2.05, 4.69) is 5.32 Å². The van der Waals surface area contributed by atoms with Crippen LogP contribution in [0.3, 0.4) is 0 Å². The van der Waals surface area contributed by atoms with Gasteiger partial charge in [0.15, 0.2) is 16.4 Å². The highest BCUT2D eigenvalue weighted by Crippen LogP contribution is 2.30. The van der Waals surface area contributed by atoms with Crippen LogP contribution in [0.1, 0.15) is 26.7 Å². The first kappa shape index (κ1) is 20.8. The molecule has 0 aliphatic rings. The van der Waals surface area contributed by atoms with Crippen molar-refractivity contribution in [3.8, 4) is 11.5 Å². The minimum absolute atomic E-state index is 0.163. The second kappa shape index (κ2) is 9.41. The van der Waals surface area contributed by atoms with Gasteiger partial charge in [0, 0.05) is 0 Å². The van der Waals surface area contributed by atoms with E-state index in [0.717, 1.165) is 0 Å². The van der Waals surface area contributed by atoms with E-state index >= 15 is 0 Å². The topological polar surface area (TPSA) is 81.7 Å². The molecule has 0 aliphatic carbocycles. The number of anilines is 1. The predicted octanol–water partition coefficient (Wildman–Crippen LogP) is 3.68.